The molecule has 1 aliphatic rings. The van der Waals surface area contributed by atoms with E-state index in [4.69, 9.17) is 4.74 Å². The van der Waals surface area contributed by atoms with Gasteiger partial charge < -0.3 is 9.30 Å². The summed E-state index contributed by atoms with van der Waals surface area (Å²) in [7, 11) is 0. The van der Waals surface area contributed by atoms with Gasteiger partial charge in [-0.2, -0.15) is 0 Å². The molecule has 0 radical (unpaired) electrons. The van der Waals surface area contributed by atoms with Gasteiger partial charge in [0, 0.05) is 11.3 Å². The van der Waals surface area contributed by atoms with Crippen LogP contribution in [0.25, 0.3) is 34.3 Å². The van der Waals surface area contributed by atoms with Crippen LogP contribution >= 0.6 is 0 Å². The number of urea groups is 1. The molecule has 1 fully saturated rings. The van der Waals surface area contributed by atoms with E-state index in [9.17, 15) is 14.4 Å². The molecule has 0 atom stereocenters. The average Bonchev–Trinajstić information content (AvgIpc) is 3.41. The van der Waals surface area contributed by atoms with Gasteiger partial charge in [0.05, 0.1) is 23.7 Å². The minimum atomic E-state index is -0.776. The van der Waals surface area contributed by atoms with Gasteiger partial charge in [-0.3, -0.25) is 14.9 Å². The maximum atomic E-state index is 13.8. The fourth-order valence-corrected chi connectivity index (χ4v) is 5.33. The molecule has 1 N–H and O–H groups in total. The zero-order chi connectivity index (χ0) is 29.9. The lowest BCUT2D eigenvalue weighted by Gasteiger charge is -2.27. The lowest BCUT2D eigenvalue weighted by Crippen LogP contribution is -2.54. The summed E-state index contributed by atoms with van der Waals surface area (Å²) in [4.78, 5) is 40.9. The first kappa shape index (κ1) is 27.5. The maximum Gasteiger partial charge on any atom is 0.335 e. The normalized spacial score (nSPS) is 14.2. The Hall–Kier alpha value is -5.69. The van der Waals surface area contributed by atoms with Gasteiger partial charge in [0.1, 0.15) is 11.3 Å². The third-order valence-electron chi connectivity index (χ3n) is 7.31. The van der Waals surface area contributed by atoms with E-state index in [2.05, 4.69) is 9.88 Å². The Kier molecular flexibility index (Phi) is 7.45. The van der Waals surface area contributed by atoms with E-state index in [1.165, 1.54) is 0 Å². The summed E-state index contributed by atoms with van der Waals surface area (Å²) in [5.74, 6) is -0.667. The number of hydrogen-bond donors (Lipinski definition) is 1. The van der Waals surface area contributed by atoms with E-state index < -0.39 is 17.8 Å². The largest absolute Gasteiger partial charge is 0.494 e. The zero-order valence-corrected chi connectivity index (χ0v) is 23.8. The molecule has 6 rings (SSSR count). The number of amides is 4. The third-order valence-corrected chi connectivity index (χ3v) is 7.31. The summed E-state index contributed by atoms with van der Waals surface area (Å²) in [6, 6.07) is 35.8. The number of ether oxygens (including phenoxy) is 1. The van der Waals surface area contributed by atoms with Gasteiger partial charge in [0.15, 0.2) is 0 Å². The number of hydrogen-bond acceptors (Lipinski definition) is 4. The molecule has 2 heterocycles. The smallest absolute Gasteiger partial charge is 0.335 e. The second kappa shape index (κ2) is 11.7. The standard InChI is InChI=1S/C36H29N3O4/c1-3-43-29-20-18-28(19-21-29)38-32(25-13-6-4-7-14-25)23-27(33(38)26-15-8-5-9-16-26)22-30-34(40)37-36(42)39(35(30)41)31-17-11-10-12-24(31)2/h4-23H,3H2,1-2H3,(H,37,40,42)/b30-22-. The van der Waals surface area contributed by atoms with Crippen molar-refractivity contribution in [3.63, 3.8) is 0 Å². The van der Waals surface area contributed by atoms with E-state index in [1.807, 2.05) is 117 Å². The molecule has 5 aromatic rings. The summed E-state index contributed by atoms with van der Waals surface area (Å²) < 4.78 is 7.80. The number of benzene rings is 4. The first-order valence-corrected chi connectivity index (χ1v) is 14.0. The molecule has 0 unspecified atom stereocenters. The molecular weight excluding hydrogens is 538 g/mol. The van der Waals surface area contributed by atoms with E-state index >= 15 is 0 Å². The highest BCUT2D eigenvalue weighted by Gasteiger charge is 2.37. The second-order valence-electron chi connectivity index (χ2n) is 10.1. The summed E-state index contributed by atoms with van der Waals surface area (Å²) in [5, 5.41) is 2.36. The number of para-hydroxylation sites is 1. The van der Waals surface area contributed by atoms with Gasteiger partial charge in [-0.1, -0.05) is 78.9 Å². The van der Waals surface area contributed by atoms with E-state index in [1.54, 1.807) is 18.2 Å². The lowest BCUT2D eigenvalue weighted by atomic mass is 10.0. The van der Waals surface area contributed by atoms with E-state index in [0.717, 1.165) is 44.4 Å². The predicted molar refractivity (Wildman–Crippen MR) is 168 cm³/mol. The van der Waals surface area contributed by atoms with Crippen LogP contribution in [-0.2, 0) is 9.59 Å². The number of imide groups is 2. The average molecular weight is 568 g/mol. The molecule has 0 aliphatic carbocycles. The Labute approximate surface area is 249 Å². The van der Waals surface area contributed by atoms with Crippen LogP contribution in [0.1, 0.15) is 18.1 Å². The van der Waals surface area contributed by atoms with Crippen molar-refractivity contribution in [1.82, 2.24) is 9.88 Å². The summed E-state index contributed by atoms with van der Waals surface area (Å²) in [5.41, 5.74) is 6.04. The first-order chi connectivity index (χ1) is 21.0. The first-order valence-electron chi connectivity index (χ1n) is 14.0. The molecule has 0 spiro atoms. The molecule has 0 bridgehead atoms. The van der Waals surface area contributed by atoms with Crippen molar-refractivity contribution in [2.45, 2.75) is 13.8 Å². The van der Waals surface area contributed by atoms with Gasteiger partial charge in [0.2, 0.25) is 0 Å². The van der Waals surface area contributed by atoms with Crippen LogP contribution in [0.4, 0.5) is 10.5 Å². The number of anilines is 1. The number of nitrogens with zero attached hydrogens (tertiary/aromatic N) is 2. The zero-order valence-electron chi connectivity index (χ0n) is 23.8. The monoisotopic (exact) mass is 567 g/mol. The number of aryl methyl sites for hydroxylation is 1. The second-order valence-corrected chi connectivity index (χ2v) is 10.1. The van der Waals surface area contributed by atoms with Crippen molar-refractivity contribution >= 4 is 29.6 Å². The molecule has 7 heteroatoms. The van der Waals surface area contributed by atoms with Gasteiger partial charge in [-0.15, -0.1) is 0 Å². The fourth-order valence-electron chi connectivity index (χ4n) is 5.33. The molecule has 7 nitrogen and oxygen atoms in total. The molecule has 1 aliphatic heterocycles. The van der Waals surface area contributed by atoms with Gasteiger partial charge in [0.25, 0.3) is 11.8 Å². The van der Waals surface area contributed by atoms with Gasteiger partial charge in [-0.05, 0) is 73.0 Å². The fraction of sp³-hybridized carbons (Fsp3) is 0.0833. The van der Waals surface area contributed by atoms with Crippen LogP contribution in [0.15, 0.2) is 121 Å². The maximum absolute atomic E-state index is 13.8. The van der Waals surface area contributed by atoms with Crippen molar-refractivity contribution in [2.75, 3.05) is 11.5 Å². The highest BCUT2D eigenvalue weighted by Crippen LogP contribution is 2.38. The van der Waals surface area contributed by atoms with Crippen molar-refractivity contribution in [1.29, 1.82) is 0 Å². The summed E-state index contributed by atoms with van der Waals surface area (Å²) in [6.45, 7) is 4.31. The number of aromatic nitrogens is 1. The van der Waals surface area contributed by atoms with Crippen LogP contribution in [0.2, 0.25) is 0 Å². The van der Waals surface area contributed by atoms with Crippen LogP contribution in [0.5, 0.6) is 5.75 Å². The topological polar surface area (TPSA) is 80.6 Å². The third kappa shape index (κ3) is 5.24. The van der Waals surface area contributed by atoms with E-state index in [0.29, 0.717) is 17.9 Å². The number of barbiturate groups is 1. The highest BCUT2D eigenvalue weighted by molar-refractivity contribution is 6.39. The van der Waals surface area contributed by atoms with E-state index in [-0.39, 0.29) is 5.57 Å². The van der Waals surface area contributed by atoms with Crippen molar-refractivity contribution in [2.24, 2.45) is 0 Å². The predicted octanol–water partition coefficient (Wildman–Crippen LogP) is 7.18. The van der Waals surface area contributed by atoms with Crippen LogP contribution in [0, 0.1) is 6.92 Å². The summed E-state index contributed by atoms with van der Waals surface area (Å²) >= 11 is 0. The SMILES string of the molecule is CCOc1ccc(-n2c(-c3ccccc3)cc(/C=C3/C(=O)NC(=O)N(c4ccccc4C)C3=O)c2-c2ccccc2)cc1. The number of nitrogens with one attached hydrogen (secondary N) is 1. The van der Waals surface area contributed by atoms with Gasteiger partial charge >= 0.3 is 6.03 Å². The van der Waals surface area contributed by atoms with Crippen LogP contribution in [0.3, 0.4) is 0 Å². The van der Waals surface area contributed by atoms with Crippen molar-refractivity contribution in [3.8, 4) is 34.0 Å². The lowest BCUT2D eigenvalue weighted by molar-refractivity contribution is -0.122. The molecule has 1 saturated heterocycles. The molecular formula is C36H29N3O4. The Bertz CT molecular complexity index is 1860. The Morgan fingerprint density at radius 1 is 0.767 bits per heavy atom. The molecule has 0 saturated carbocycles. The number of carbonyl (C=O) groups excluding carboxylic acids is 3. The van der Waals surface area contributed by atoms with Crippen LogP contribution in [-0.4, -0.2) is 29.0 Å². The molecule has 4 aromatic carbocycles. The number of rotatable bonds is 7. The Morgan fingerprint density at radius 3 is 2.05 bits per heavy atom. The molecule has 212 valence electrons. The minimum absolute atomic E-state index is 0.136. The Balaban J connectivity index is 1.59. The highest BCUT2D eigenvalue weighted by atomic mass is 16.5. The van der Waals surface area contributed by atoms with Crippen molar-refractivity contribution in [3.05, 3.63) is 132 Å². The molecule has 4 amide bonds. The molecule has 1 aromatic heterocycles. The molecule has 43 heavy (non-hydrogen) atoms. The van der Waals surface area contributed by atoms with Crippen molar-refractivity contribution < 1.29 is 19.1 Å². The number of carbonyl (C=O) groups is 3. The summed E-state index contributed by atoms with van der Waals surface area (Å²) in [6.07, 6.45) is 1.58. The van der Waals surface area contributed by atoms with Crippen LogP contribution < -0.4 is 15.0 Å². The minimum Gasteiger partial charge on any atom is -0.494 e. The Morgan fingerprint density at radius 2 is 1.40 bits per heavy atom. The quantitative estimate of drug-likeness (QED) is 0.167. The van der Waals surface area contributed by atoms with Gasteiger partial charge in [-0.25, -0.2) is 9.69 Å².